The lowest BCUT2D eigenvalue weighted by Crippen LogP contribution is -2.41. The number of morpholine rings is 1. The first-order valence-corrected chi connectivity index (χ1v) is 10.3. The molecule has 31 heavy (non-hydrogen) atoms. The molecule has 2 aromatic rings. The highest BCUT2D eigenvalue weighted by Gasteiger charge is 2.35. The molecule has 1 N–H and O–H groups in total. The molecule has 8 nitrogen and oxygen atoms in total. The second-order valence-corrected chi connectivity index (χ2v) is 7.54. The zero-order valence-electron chi connectivity index (χ0n) is 17.4. The van der Waals surface area contributed by atoms with Gasteiger partial charge in [0.1, 0.15) is 5.75 Å². The van der Waals surface area contributed by atoms with E-state index < -0.39 is 5.92 Å². The lowest BCUT2D eigenvalue weighted by atomic mass is 10.1. The van der Waals surface area contributed by atoms with E-state index in [1.807, 2.05) is 0 Å². The third-order valence-electron chi connectivity index (χ3n) is 5.59. The summed E-state index contributed by atoms with van der Waals surface area (Å²) in [5.41, 5.74) is 1.62. The van der Waals surface area contributed by atoms with Crippen molar-refractivity contribution >= 4 is 29.1 Å². The van der Waals surface area contributed by atoms with E-state index in [0.29, 0.717) is 43.3 Å². The SMILES string of the molecule is COc1ccc(N2C[C@@H](C(=O)Nc3ccccc3C(=O)N3CCOCC3)CC2=O)cc1. The Hall–Kier alpha value is -3.39. The molecular formula is C23H25N3O5. The highest BCUT2D eigenvalue weighted by Crippen LogP contribution is 2.28. The van der Waals surface area contributed by atoms with Gasteiger partial charge in [-0.3, -0.25) is 14.4 Å². The summed E-state index contributed by atoms with van der Waals surface area (Å²) in [6.45, 7) is 2.35. The predicted octanol–water partition coefficient (Wildman–Crippen LogP) is 2.16. The fourth-order valence-corrected chi connectivity index (χ4v) is 3.85. The first kappa shape index (κ1) is 20.9. The molecule has 4 rings (SSSR count). The molecule has 2 aliphatic rings. The molecule has 0 saturated carbocycles. The monoisotopic (exact) mass is 423 g/mol. The Labute approximate surface area is 180 Å². The number of amides is 3. The number of anilines is 2. The van der Waals surface area contributed by atoms with Crippen molar-refractivity contribution in [3.8, 4) is 5.75 Å². The van der Waals surface area contributed by atoms with Gasteiger partial charge in [-0.1, -0.05) is 12.1 Å². The molecule has 0 spiro atoms. The van der Waals surface area contributed by atoms with Gasteiger partial charge in [0.2, 0.25) is 11.8 Å². The van der Waals surface area contributed by atoms with Gasteiger partial charge in [0.15, 0.2) is 0 Å². The number of ether oxygens (including phenoxy) is 2. The molecule has 2 fully saturated rings. The molecule has 0 unspecified atom stereocenters. The van der Waals surface area contributed by atoms with Crippen LogP contribution in [-0.2, 0) is 14.3 Å². The van der Waals surface area contributed by atoms with E-state index in [1.54, 1.807) is 65.4 Å². The maximum atomic E-state index is 12.9. The molecule has 3 amide bonds. The first-order chi connectivity index (χ1) is 15.1. The van der Waals surface area contributed by atoms with Crippen molar-refractivity contribution in [3.05, 3.63) is 54.1 Å². The second kappa shape index (κ2) is 9.18. The lowest BCUT2D eigenvalue weighted by Gasteiger charge is -2.27. The second-order valence-electron chi connectivity index (χ2n) is 7.54. The molecular weight excluding hydrogens is 398 g/mol. The van der Waals surface area contributed by atoms with Crippen molar-refractivity contribution in [3.63, 3.8) is 0 Å². The third-order valence-corrected chi connectivity index (χ3v) is 5.59. The highest BCUT2D eigenvalue weighted by atomic mass is 16.5. The topological polar surface area (TPSA) is 88.2 Å². The average Bonchev–Trinajstić information content (AvgIpc) is 3.21. The Morgan fingerprint density at radius 2 is 1.77 bits per heavy atom. The molecule has 2 heterocycles. The number of hydrogen-bond donors (Lipinski definition) is 1. The number of benzene rings is 2. The van der Waals surface area contributed by atoms with Crippen molar-refractivity contribution in [2.75, 3.05) is 50.2 Å². The van der Waals surface area contributed by atoms with E-state index in [1.165, 1.54) is 0 Å². The van der Waals surface area contributed by atoms with Gasteiger partial charge in [0.25, 0.3) is 5.91 Å². The Kier molecular flexibility index (Phi) is 6.18. The average molecular weight is 423 g/mol. The number of carbonyl (C=O) groups is 3. The van der Waals surface area contributed by atoms with Crippen LogP contribution in [0.25, 0.3) is 0 Å². The maximum Gasteiger partial charge on any atom is 0.256 e. The highest BCUT2D eigenvalue weighted by molar-refractivity contribution is 6.07. The molecule has 162 valence electrons. The van der Waals surface area contributed by atoms with Gasteiger partial charge in [0, 0.05) is 31.7 Å². The summed E-state index contributed by atoms with van der Waals surface area (Å²) in [5, 5.41) is 2.87. The molecule has 8 heteroatoms. The van der Waals surface area contributed by atoms with Crippen molar-refractivity contribution in [2.45, 2.75) is 6.42 Å². The van der Waals surface area contributed by atoms with Gasteiger partial charge in [-0.05, 0) is 36.4 Å². The Bertz CT molecular complexity index is 969. The Balaban J connectivity index is 1.45. The van der Waals surface area contributed by atoms with Gasteiger partial charge < -0.3 is 24.6 Å². The number of nitrogens with zero attached hydrogens (tertiary/aromatic N) is 2. The lowest BCUT2D eigenvalue weighted by molar-refractivity contribution is -0.122. The normalized spacial score (nSPS) is 18.7. The molecule has 2 saturated heterocycles. The third kappa shape index (κ3) is 4.54. The number of hydrogen-bond acceptors (Lipinski definition) is 5. The van der Waals surface area contributed by atoms with Crippen LogP contribution in [-0.4, -0.2) is 62.6 Å². The van der Waals surface area contributed by atoms with E-state index in [9.17, 15) is 14.4 Å². The minimum atomic E-state index is -0.499. The van der Waals surface area contributed by atoms with Crippen LogP contribution in [0.3, 0.4) is 0 Å². The van der Waals surface area contributed by atoms with E-state index in [4.69, 9.17) is 9.47 Å². The van der Waals surface area contributed by atoms with Gasteiger partial charge in [-0.2, -0.15) is 0 Å². The summed E-state index contributed by atoms with van der Waals surface area (Å²) >= 11 is 0. The van der Waals surface area contributed by atoms with Crippen LogP contribution in [0.15, 0.2) is 48.5 Å². The maximum absolute atomic E-state index is 12.9. The van der Waals surface area contributed by atoms with Gasteiger partial charge in [-0.15, -0.1) is 0 Å². The van der Waals surface area contributed by atoms with Crippen LogP contribution >= 0.6 is 0 Å². The fraction of sp³-hybridized carbons (Fsp3) is 0.348. The van der Waals surface area contributed by atoms with Crippen LogP contribution in [0.4, 0.5) is 11.4 Å². The molecule has 0 aliphatic carbocycles. The van der Waals surface area contributed by atoms with E-state index in [-0.39, 0.29) is 30.7 Å². The predicted molar refractivity (Wildman–Crippen MR) is 115 cm³/mol. The van der Waals surface area contributed by atoms with Crippen LogP contribution < -0.4 is 15.0 Å². The Morgan fingerprint density at radius 1 is 1.06 bits per heavy atom. The molecule has 0 radical (unpaired) electrons. The van der Waals surface area contributed by atoms with Crippen LogP contribution in [0.1, 0.15) is 16.8 Å². The minimum absolute atomic E-state index is 0.108. The summed E-state index contributed by atoms with van der Waals surface area (Å²) in [7, 11) is 1.58. The molecule has 1 atom stereocenters. The zero-order chi connectivity index (χ0) is 21.8. The van der Waals surface area contributed by atoms with Crippen LogP contribution in [0.2, 0.25) is 0 Å². The number of carbonyl (C=O) groups excluding carboxylic acids is 3. The largest absolute Gasteiger partial charge is 0.497 e. The summed E-state index contributed by atoms with van der Waals surface area (Å²) < 4.78 is 10.5. The smallest absolute Gasteiger partial charge is 0.256 e. The van der Waals surface area contributed by atoms with Crippen LogP contribution in [0.5, 0.6) is 5.75 Å². The van der Waals surface area contributed by atoms with E-state index >= 15 is 0 Å². The molecule has 2 aromatic carbocycles. The van der Waals surface area contributed by atoms with Crippen molar-refractivity contribution in [1.82, 2.24) is 4.90 Å². The number of methoxy groups -OCH3 is 1. The van der Waals surface area contributed by atoms with Crippen molar-refractivity contribution in [1.29, 1.82) is 0 Å². The zero-order valence-corrected chi connectivity index (χ0v) is 17.4. The number of nitrogens with one attached hydrogen (secondary N) is 1. The molecule has 0 aromatic heterocycles. The summed E-state index contributed by atoms with van der Waals surface area (Å²) in [4.78, 5) is 41.7. The molecule has 2 aliphatic heterocycles. The Morgan fingerprint density at radius 3 is 2.48 bits per heavy atom. The fourth-order valence-electron chi connectivity index (χ4n) is 3.85. The summed E-state index contributed by atoms with van der Waals surface area (Å²) in [6, 6.07) is 14.1. The van der Waals surface area contributed by atoms with Crippen LogP contribution in [0, 0.1) is 5.92 Å². The molecule has 0 bridgehead atoms. The van der Waals surface area contributed by atoms with Gasteiger partial charge in [0.05, 0.1) is 37.5 Å². The summed E-state index contributed by atoms with van der Waals surface area (Å²) in [6.07, 6.45) is 0.122. The standard InChI is InChI=1S/C23H25N3O5/c1-30-18-8-6-17(7-9-18)26-15-16(14-21(26)27)22(28)24-20-5-3-2-4-19(20)23(29)25-10-12-31-13-11-25/h2-9,16H,10-15H2,1H3,(H,24,28)/t16-/m0/s1. The van der Waals surface area contributed by atoms with E-state index in [0.717, 1.165) is 5.69 Å². The number of para-hydroxylation sites is 1. The summed E-state index contributed by atoms with van der Waals surface area (Å²) in [5.74, 6) is -0.316. The van der Waals surface area contributed by atoms with Crippen molar-refractivity contribution in [2.24, 2.45) is 5.92 Å². The number of rotatable bonds is 5. The quantitative estimate of drug-likeness (QED) is 0.796. The first-order valence-electron chi connectivity index (χ1n) is 10.3. The minimum Gasteiger partial charge on any atom is -0.497 e. The van der Waals surface area contributed by atoms with Gasteiger partial charge in [-0.25, -0.2) is 0 Å². The van der Waals surface area contributed by atoms with Gasteiger partial charge >= 0.3 is 0 Å². The van der Waals surface area contributed by atoms with E-state index in [2.05, 4.69) is 5.32 Å². The van der Waals surface area contributed by atoms with Crippen molar-refractivity contribution < 1.29 is 23.9 Å².